The average molecular weight is 378 g/mol. The fourth-order valence-electron chi connectivity index (χ4n) is 2.14. The van der Waals surface area contributed by atoms with Gasteiger partial charge in [-0.3, -0.25) is 4.79 Å². The Balaban J connectivity index is 1.54. The number of amides is 1. The number of esters is 1. The van der Waals surface area contributed by atoms with E-state index in [0.717, 1.165) is 12.8 Å². The lowest BCUT2D eigenvalue weighted by atomic mass is 10.2. The molecule has 1 aromatic heterocycles. The minimum atomic E-state index is -3.74. The zero-order valence-electron chi connectivity index (χ0n) is 13.8. The summed E-state index contributed by atoms with van der Waals surface area (Å²) in [4.78, 5) is 23.4. The van der Waals surface area contributed by atoms with Crippen molar-refractivity contribution in [2.24, 2.45) is 0 Å². The van der Waals surface area contributed by atoms with Gasteiger partial charge in [0.2, 0.25) is 10.0 Å². The van der Waals surface area contributed by atoms with Gasteiger partial charge in [0.25, 0.3) is 5.91 Å². The van der Waals surface area contributed by atoms with E-state index >= 15 is 0 Å². The van der Waals surface area contributed by atoms with E-state index in [4.69, 9.17) is 9.15 Å². The van der Waals surface area contributed by atoms with Crippen molar-refractivity contribution in [1.29, 1.82) is 0 Å². The van der Waals surface area contributed by atoms with Crippen LogP contribution in [0.5, 0.6) is 0 Å². The number of nitrogens with one attached hydrogen (secondary N) is 2. The molecule has 0 atom stereocenters. The van der Waals surface area contributed by atoms with Gasteiger partial charge in [0, 0.05) is 6.04 Å². The molecule has 1 saturated carbocycles. The zero-order chi connectivity index (χ0) is 18.6. The van der Waals surface area contributed by atoms with E-state index in [0.29, 0.717) is 5.76 Å². The quantitative estimate of drug-likeness (QED) is 0.667. The number of hydrogen-bond donors (Lipinski definition) is 2. The highest BCUT2D eigenvalue weighted by Crippen LogP contribution is 2.18. The number of furan rings is 1. The Kier molecular flexibility index (Phi) is 5.38. The van der Waals surface area contributed by atoms with Crippen molar-refractivity contribution >= 4 is 21.9 Å². The normalized spacial score (nSPS) is 14.0. The van der Waals surface area contributed by atoms with E-state index in [1.165, 1.54) is 30.5 Å². The second kappa shape index (κ2) is 7.71. The first-order valence-corrected chi connectivity index (χ1v) is 9.51. The van der Waals surface area contributed by atoms with Gasteiger partial charge in [0.15, 0.2) is 6.61 Å². The molecule has 0 bridgehead atoms. The summed E-state index contributed by atoms with van der Waals surface area (Å²) < 4.78 is 36.8. The molecule has 3 rings (SSSR count). The fraction of sp³-hybridized carbons (Fsp3) is 0.294. The van der Waals surface area contributed by atoms with Gasteiger partial charge in [-0.05, 0) is 49.2 Å². The number of rotatable bonds is 8. The molecule has 1 heterocycles. The standard InChI is InChI=1S/C17H18N2O6S/c20-16(19-13-5-6-13)11-25-17(21)12-3-7-15(8-4-12)26(22,23)18-10-14-2-1-9-24-14/h1-4,7-9,13,18H,5-6,10-11H2,(H,19,20). The minimum absolute atomic E-state index is 0.00656. The number of carbonyl (C=O) groups excluding carboxylic acids is 2. The van der Waals surface area contributed by atoms with Gasteiger partial charge in [-0.25, -0.2) is 17.9 Å². The highest BCUT2D eigenvalue weighted by Gasteiger charge is 2.23. The Hall–Kier alpha value is -2.65. The van der Waals surface area contributed by atoms with Crippen molar-refractivity contribution < 1.29 is 27.2 Å². The molecular formula is C17H18N2O6S. The van der Waals surface area contributed by atoms with Crippen LogP contribution in [-0.2, 0) is 26.1 Å². The van der Waals surface area contributed by atoms with Crippen LogP contribution >= 0.6 is 0 Å². The molecule has 0 spiro atoms. The van der Waals surface area contributed by atoms with Crippen molar-refractivity contribution in [2.75, 3.05) is 6.61 Å². The van der Waals surface area contributed by atoms with Gasteiger partial charge in [-0.1, -0.05) is 0 Å². The van der Waals surface area contributed by atoms with E-state index in [1.54, 1.807) is 12.1 Å². The molecule has 1 fully saturated rings. The second-order valence-corrected chi connectivity index (χ2v) is 7.61. The smallest absolute Gasteiger partial charge is 0.338 e. The first-order chi connectivity index (χ1) is 12.4. The van der Waals surface area contributed by atoms with Crippen molar-refractivity contribution in [1.82, 2.24) is 10.0 Å². The topological polar surface area (TPSA) is 115 Å². The van der Waals surface area contributed by atoms with E-state index in [1.807, 2.05) is 0 Å². The molecular weight excluding hydrogens is 360 g/mol. The summed E-state index contributed by atoms with van der Waals surface area (Å²) in [7, 11) is -3.74. The van der Waals surface area contributed by atoms with Gasteiger partial charge in [-0.2, -0.15) is 0 Å². The molecule has 0 aliphatic heterocycles. The van der Waals surface area contributed by atoms with Crippen molar-refractivity contribution in [3.63, 3.8) is 0 Å². The SMILES string of the molecule is O=C(COC(=O)c1ccc(S(=O)(=O)NCc2ccco2)cc1)NC1CC1. The van der Waals surface area contributed by atoms with Gasteiger partial charge in [0.05, 0.1) is 23.3 Å². The summed E-state index contributed by atoms with van der Waals surface area (Å²) in [5.41, 5.74) is 0.161. The number of ether oxygens (including phenoxy) is 1. The highest BCUT2D eigenvalue weighted by molar-refractivity contribution is 7.89. The summed E-state index contributed by atoms with van der Waals surface area (Å²) >= 11 is 0. The van der Waals surface area contributed by atoms with Crippen molar-refractivity contribution in [2.45, 2.75) is 30.3 Å². The lowest BCUT2D eigenvalue weighted by Gasteiger charge is -2.07. The molecule has 2 aromatic rings. The predicted octanol–water partition coefficient (Wildman–Crippen LogP) is 1.19. The molecule has 0 radical (unpaired) electrons. The third kappa shape index (κ3) is 4.93. The molecule has 1 aliphatic carbocycles. The molecule has 1 aliphatic rings. The number of carbonyl (C=O) groups is 2. The van der Waals surface area contributed by atoms with Gasteiger partial charge < -0.3 is 14.5 Å². The maximum atomic E-state index is 12.2. The Labute approximate surface area is 150 Å². The average Bonchev–Trinajstić information content (AvgIpc) is 3.28. The molecule has 2 N–H and O–H groups in total. The lowest BCUT2D eigenvalue weighted by molar-refractivity contribution is -0.124. The summed E-state index contributed by atoms with van der Waals surface area (Å²) in [5, 5.41) is 2.70. The summed E-state index contributed by atoms with van der Waals surface area (Å²) in [6.07, 6.45) is 3.35. The summed E-state index contributed by atoms with van der Waals surface area (Å²) in [6.45, 7) is -0.338. The van der Waals surface area contributed by atoms with E-state index in [9.17, 15) is 18.0 Å². The second-order valence-electron chi connectivity index (χ2n) is 5.85. The maximum absolute atomic E-state index is 12.2. The third-order valence-electron chi connectivity index (χ3n) is 3.69. The predicted molar refractivity (Wildman–Crippen MR) is 90.6 cm³/mol. The number of benzene rings is 1. The van der Waals surface area contributed by atoms with Crippen LogP contribution in [0.1, 0.15) is 29.0 Å². The Bertz CT molecular complexity index is 870. The molecule has 138 valence electrons. The van der Waals surface area contributed by atoms with Crippen LogP contribution in [0.4, 0.5) is 0 Å². The minimum Gasteiger partial charge on any atom is -0.468 e. The fourth-order valence-corrected chi connectivity index (χ4v) is 3.14. The van der Waals surface area contributed by atoms with Crippen LogP contribution in [-0.4, -0.2) is 32.9 Å². The maximum Gasteiger partial charge on any atom is 0.338 e. The largest absolute Gasteiger partial charge is 0.468 e. The highest BCUT2D eigenvalue weighted by atomic mass is 32.2. The van der Waals surface area contributed by atoms with Crippen LogP contribution in [0, 0.1) is 0 Å². The van der Waals surface area contributed by atoms with Gasteiger partial charge >= 0.3 is 5.97 Å². The first-order valence-electron chi connectivity index (χ1n) is 8.02. The summed E-state index contributed by atoms with van der Waals surface area (Å²) in [5.74, 6) is -0.552. The lowest BCUT2D eigenvalue weighted by Crippen LogP contribution is -2.30. The van der Waals surface area contributed by atoms with E-state index in [2.05, 4.69) is 10.0 Å². The number of hydrogen-bond acceptors (Lipinski definition) is 6. The Morgan fingerprint density at radius 3 is 2.50 bits per heavy atom. The van der Waals surface area contributed by atoms with Crippen LogP contribution in [0.15, 0.2) is 52.0 Å². The first kappa shape index (κ1) is 18.2. The zero-order valence-corrected chi connectivity index (χ0v) is 14.6. The summed E-state index contributed by atoms with van der Waals surface area (Å²) in [6, 6.07) is 8.77. The Morgan fingerprint density at radius 1 is 1.15 bits per heavy atom. The molecule has 0 unspecified atom stereocenters. The van der Waals surface area contributed by atoms with Gasteiger partial charge in [-0.15, -0.1) is 0 Å². The monoisotopic (exact) mass is 378 g/mol. The van der Waals surface area contributed by atoms with E-state index < -0.39 is 16.0 Å². The van der Waals surface area contributed by atoms with Crippen LogP contribution < -0.4 is 10.0 Å². The molecule has 1 aromatic carbocycles. The van der Waals surface area contributed by atoms with Crippen LogP contribution in [0.25, 0.3) is 0 Å². The van der Waals surface area contributed by atoms with Crippen molar-refractivity contribution in [3.05, 3.63) is 54.0 Å². The van der Waals surface area contributed by atoms with Crippen molar-refractivity contribution in [3.8, 4) is 0 Å². The Morgan fingerprint density at radius 2 is 1.88 bits per heavy atom. The van der Waals surface area contributed by atoms with Crippen LogP contribution in [0.3, 0.4) is 0 Å². The van der Waals surface area contributed by atoms with E-state index in [-0.39, 0.29) is 35.6 Å². The molecule has 9 heteroatoms. The molecule has 8 nitrogen and oxygen atoms in total. The number of sulfonamides is 1. The van der Waals surface area contributed by atoms with Gasteiger partial charge in [0.1, 0.15) is 5.76 Å². The molecule has 1 amide bonds. The molecule has 0 saturated heterocycles. The molecule has 26 heavy (non-hydrogen) atoms. The van der Waals surface area contributed by atoms with Crippen LogP contribution in [0.2, 0.25) is 0 Å². The third-order valence-corrected chi connectivity index (χ3v) is 5.11.